The summed E-state index contributed by atoms with van der Waals surface area (Å²) in [6.07, 6.45) is 0.342. The second-order valence-electron chi connectivity index (χ2n) is 8.06. The van der Waals surface area contributed by atoms with Crippen LogP contribution in [0, 0.1) is 0 Å². The van der Waals surface area contributed by atoms with Crippen molar-refractivity contribution >= 4 is 13.1 Å². The fourth-order valence-electron chi connectivity index (χ4n) is 3.69. The maximum atomic E-state index is 12.1. The van der Waals surface area contributed by atoms with Crippen LogP contribution in [0.4, 0.5) is 0 Å². The van der Waals surface area contributed by atoms with E-state index in [4.69, 9.17) is 14.6 Å². The van der Waals surface area contributed by atoms with Gasteiger partial charge in [-0.25, -0.2) is 0 Å². The highest BCUT2D eigenvalue weighted by Gasteiger charge is 2.28. The molecule has 4 rings (SSSR count). The van der Waals surface area contributed by atoms with E-state index in [1.165, 1.54) is 18.2 Å². The lowest BCUT2D eigenvalue weighted by molar-refractivity contribution is 0.104. The molecule has 0 aliphatic carbocycles. The number of carbonyl (C=O) groups is 1. The monoisotopic (exact) mass is 504 g/mol. The van der Waals surface area contributed by atoms with E-state index in [0.717, 1.165) is 16.7 Å². The van der Waals surface area contributed by atoms with E-state index in [2.05, 4.69) is 0 Å². The Bertz CT molecular complexity index is 1360. The topological polar surface area (TPSA) is 113 Å². The molecule has 4 aromatic carbocycles. The van der Waals surface area contributed by atoms with Crippen LogP contribution in [0.2, 0.25) is 0 Å². The van der Waals surface area contributed by atoms with Gasteiger partial charge in [-0.3, -0.25) is 9.36 Å². The molecule has 0 spiro atoms. The predicted octanol–water partition coefficient (Wildman–Crippen LogP) is 5.43. The Morgan fingerprint density at radius 3 is 2.00 bits per heavy atom. The van der Waals surface area contributed by atoms with Crippen molar-refractivity contribution in [1.82, 2.24) is 0 Å². The molecule has 184 valence electrons. The molecule has 0 heterocycles. The van der Waals surface area contributed by atoms with Gasteiger partial charge in [0.05, 0.1) is 6.61 Å². The van der Waals surface area contributed by atoms with Crippen molar-refractivity contribution in [3.63, 3.8) is 0 Å². The molecule has 0 radical (unpaired) electrons. The van der Waals surface area contributed by atoms with Gasteiger partial charge in [-0.05, 0) is 64.7 Å². The highest BCUT2D eigenvalue weighted by Crippen LogP contribution is 2.40. The molecule has 8 heteroatoms. The number of hydrogen-bond acceptors (Lipinski definition) is 5. The van der Waals surface area contributed by atoms with Crippen molar-refractivity contribution in [2.45, 2.75) is 6.42 Å². The summed E-state index contributed by atoms with van der Waals surface area (Å²) in [5.41, 5.74) is 2.30. The Morgan fingerprint density at radius 1 is 0.778 bits per heavy atom. The minimum Gasteiger partial charge on any atom is -0.491 e. The van der Waals surface area contributed by atoms with Gasteiger partial charge in [-0.2, -0.15) is 0 Å². The first-order valence-electron chi connectivity index (χ1n) is 11.2. The van der Waals surface area contributed by atoms with Crippen LogP contribution in [0.25, 0.3) is 11.1 Å². The summed E-state index contributed by atoms with van der Waals surface area (Å²) in [6, 6.07) is 29.4. The summed E-state index contributed by atoms with van der Waals surface area (Å²) >= 11 is 0. The third-order valence-corrected chi connectivity index (χ3v) is 6.22. The minimum absolute atomic E-state index is 0.0502. The van der Waals surface area contributed by atoms with E-state index in [1.54, 1.807) is 0 Å². The van der Waals surface area contributed by atoms with E-state index < -0.39 is 13.1 Å². The lowest BCUT2D eigenvalue weighted by Crippen LogP contribution is -2.06. The normalized spacial score (nSPS) is 11.2. The molecule has 0 amide bonds. The van der Waals surface area contributed by atoms with E-state index >= 15 is 0 Å². The van der Waals surface area contributed by atoms with Crippen LogP contribution in [0.15, 0.2) is 97.1 Å². The maximum Gasteiger partial charge on any atom is 0.396 e. The number of hydrogen-bond donors (Lipinski definition) is 3. The molecule has 3 N–H and O–H groups in total. The van der Waals surface area contributed by atoms with Crippen LogP contribution >= 0.6 is 7.60 Å². The molecule has 0 saturated heterocycles. The summed E-state index contributed by atoms with van der Waals surface area (Å²) in [4.78, 5) is 30.5. The fourth-order valence-corrected chi connectivity index (χ4v) is 4.17. The number of aliphatic hydroxyl groups excluding tert-OH is 1. The van der Waals surface area contributed by atoms with Crippen molar-refractivity contribution in [2.24, 2.45) is 0 Å². The standard InChI is InChI=1S/C28H25O7P/c29-16-17-34-27-15-10-23(28(30)36(31,32)33)19-24(27)18-20-6-11-25(12-7-20)35-26-13-8-22(9-14-26)21-4-2-1-3-5-21/h1-15,19,29H,16-18H2,(H2,31,32,33). The second kappa shape index (κ2) is 11.3. The molecular formula is C28H25O7P. The molecule has 36 heavy (non-hydrogen) atoms. The van der Waals surface area contributed by atoms with Gasteiger partial charge in [0, 0.05) is 12.0 Å². The van der Waals surface area contributed by atoms with Crippen molar-refractivity contribution in [3.8, 4) is 28.4 Å². The average Bonchev–Trinajstić information content (AvgIpc) is 2.89. The highest BCUT2D eigenvalue weighted by atomic mass is 31.2. The fraction of sp³-hybridized carbons (Fsp3) is 0.107. The first-order chi connectivity index (χ1) is 17.3. The third-order valence-electron chi connectivity index (χ3n) is 5.44. The molecule has 0 aromatic heterocycles. The SMILES string of the molecule is O=C(c1ccc(OCCO)c(Cc2ccc(Oc3ccc(-c4ccccc4)cc3)cc2)c1)P(=O)(O)O. The molecule has 4 aromatic rings. The summed E-state index contributed by atoms with van der Waals surface area (Å²) in [5, 5.41) is 9.09. The van der Waals surface area contributed by atoms with Crippen LogP contribution in [-0.4, -0.2) is 33.6 Å². The minimum atomic E-state index is -4.91. The summed E-state index contributed by atoms with van der Waals surface area (Å²) < 4.78 is 22.9. The van der Waals surface area contributed by atoms with E-state index in [1.807, 2.05) is 78.9 Å². The molecule has 0 bridgehead atoms. The Kier molecular flexibility index (Phi) is 7.98. The average molecular weight is 504 g/mol. The molecule has 0 saturated carbocycles. The van der Waals surface area contributed by atoms with Gasteiger partial charge in [0.1, 0.15) is 23.9 Å². The van der Waals surface area contributed by atoms with Crippen molar-refractivity contribution in [3.05, 3.63) is 114 Å². The Hall–Kier alpha value is -3.74. The summed E-state index contributed by atoms with van der Waals surface area (Å²) in [5.74, 6) is 1.77. The van der Waals surface area contributed by atoms with Gasteiger partial charge in [0.25, 0.3) is 5.52 Å². The first kappa shape index (κ1) is 25.4. The largest absolute Gasteiger partial charge is 0.491 e. The zero-order valence-electron chi connectivity index (χ0n) is 19.3. The summed E-state index contributed by atoms with van der Waals surface area (Å²) in [7, 11) is -4.91. The lowest BCUT2D eigenvalue weighted by Gasteiger charge is -2.13. The van der Waals surface area contributed by atoms with Crippen LogP contribution in [0.3, 0.4) is 0 Å². The molecule has 0 atom stereocenters. The Labute approximate surface area is 208 Å². The van der Waals surface area contributed by atoms with E-state index in [0.29, 0.717) is 29.2 Å². The molecule has 0 unspecified atom stereocenters. The zero-order chi connectivity index (χ0) is 25.5. The molecule has 0 fully saturated rings. The maximum absolute atomic E-state index is 12.1. The Balaban J connectivity index is 1.48. The number of aliphatic hydroxyl groups is 1. The van der Waals surface area contributed by atoms with Crippen LogP contribution in [0.5, 0.6) is 17.2 Å². The van der Waals surface area contributed by atoms with Gasteiger partial charge in [0.15, 0.2) is 0 Å². The van der Waals surface area contributed by atoms with Gasteiger partial charge in [-0.15, -0.1) is 0 Å². The Morgan fingerprint density at radius 2 is 1.39 bits per heavy atom. The van der Waals surface area contributed by atoms with E-state index in [-0.39, 0.29) is 18.8 Å². The summed E-state index contributed by atoms with van der Waals surface area (Å²) in [6.45, 7) is -0.143. The number of benzene rings is 4. The third kappa shape index (κ3) is 6.47. The van der Waals surface area contributed by atoms with Crippen LogP contribution < -0.4 is 9.47 Å². The van der Waals surface area contributed by atoms with Crippen LogP contribution in [0.1, 0.15) is 21.5 Å². The number of rotatable bonds is 10. The first-order valence-corrected chi connectivity index (χ1v) is 12.8. The highest BCUT2D eigenvalue weighted by molar-refractivity contribution is 7.70. The lowest BCUT2D eigenvalue weighted by atomic mass is 10.0. The molecular weight excluding hydrogens is 479 g/mol. The molecule has 7 nitrogen and oxygen atoms in total. The zero-order valence-corrected chi connectivity index (χ0v) is 20.2. The number of carbonyl (C=O) groups excluding carboxylic acids is 1. The molecule has 0 aliphatic rings. The second-order valence-corrected chi connectivity index (χ2v) is 9.55. The van der Waals surface area contributed by atoms with Gasteiger partial charge < -0.3 is 24.4 Å². The van der Waals surface area contributed by atoms with Gasteiger partial charge in [-0.1, -0.05) is 54.6 Å². The van der Waals surface area contributed by atoms with Crippen molar-refractivity contribution in [2.75, 3.05) is 13.2 Å². The predicted molar refractivity (Wildman–Crippen MR) is 137 cm³/mol. The smallest absolute Gasteiger partial charge is 0.396 e. The van der Waals surface area contributed by atoms with E-state index in [9.17, 15) is 19.1 Å². The van der Waals surface area contributed by atoms with Gasteiger partial charge >= 0.3 is 7.60 Å². The molecule has 0 aliphatic heterocycles. The van der Waals surface area contributed by atoms with Crippen LogP contribution in [-0.2, 0) is 11.0 Å². The number of ether oxygens (including phenoxy) is 2. The quantitative estimate of drug-likeness (QED) is 0.247. The van der Waals surface area contributed by atoms with Gasteiger partial charge in [0.2, 0.25) is 0 Å². The van der Waals surface area contributed by atoms with Crippen molar-refractivity contribution in [1.29, 1.82) is 0 Å². The van der Waals surface area contributed by atoms with Crippen molar-refractivity contribution < 1.29 is 33.7 Å².